The number of aliphatic carboxylic acids is 1. The van der Waals surface area contributed by atoms with Gasteiger partial charge in [-0.3, -0.25) is 9.69 Å². The lowest BCUT2D eigenvalue weighted by Gasteiger charge is -2.27. The van der Waals surface area contributed by atoms with Crippen LogP contribution in [0.15, 0.2) is 18.2 Å². The Bertz CT molecular complexity index is 525. The van der Waals surface area contributed by atoms with Gasteiger partial charge in [0.2, 0.25) is 0 Å². The number of carboxylic acid groups (broad SMARTS) is 1. The van der Waals surface area contributed by atoms with Crippen LogP contribution in [0.3, 0.4) is 0 Å². The molecule has 4 heteroatoms. The van der Waals surface area contributed by atoms with Crippen molar-refractivity contribution in [3.63, 3.8) is 0 Å². The zero-order valence-electron chi connectivity index (χ0n) is 13.3. The number of ether oxygens (including phenoxy) is 1. The van der Waals surface area contributed by atoms with Crippen LogP contribution in [0, 0.1) is 0 Å². The van der Waals surface area contributed by atoms with Crippen LogP contribution in [-0.2, 0) is 17.8 Å². The van der Waals surface area contributed by atoms with Crippen molar-refractivity contribution in [1.82, 2.24) is 4.90 Å². The molecule has 0 radical (unpaired) electrons. The maximum absolute atomic E-state index is 11.1. The maximum Gasteiger partial charge on any atom is 0.317 e. The normalized spacial score (nSPS) is 17.4. The van der Waals surface area contributed by atoms with Crippen LogP contribution < -0.4 is 4.74 Å². The average molecular weight is 291 g/mol. The fourth-order valence-electron chi connectivity index (χ4n) is 2.82. The van der Waals surface area contributed by atoms with Crippen molar-refractivity contribution in [2.75, 3.05) is 6.54 Å². The van der Waals surface area contributed by atoms with Gasteiger partial charge >= 0.3 is 5.97 Å². The van der Waals surface area contributed by atoms with Gasteiger partial charge in [0.15, 0.2) is 0 Å². The summed E-state index contributed by atoms with van der Waals surface area (Å²) in [4.78, 5) is 13.1. The van der Waals surface area contributed by atoms with Crippen LogP contribution in [-0.4, -0.2) is 34.2 Å². The molecule has 0 bridgehead atoms. The van der Waals surface area contributed by atoms with Gasteiger partial charge in [0.1, 0.15) is 11.4 Å². The first-order chi connectivity index (χ1) is 9.82. The third-order valence-electron chi connectivity index (χ3n) is 4.10. The van der Waals surface area contributed by atoms with Gasteiger partial charge in [-0.05, 0) is 32.8 Å². The maximum atomic E-state index is 11.1. The zero-order valence-corrected chi connectivity index (χ0v) is 13.3. The van der Waals surface area contributed by atoms with Crippen LogP contribution in [0.25, 0.3) is 0 Å². The lowest BCUT2D eigenvalue weighted by atomic mass is 10.0. The minimum atomic E-state index is -0.788. The number of carbonyl (C=O) groups is 1. The standard InChI is InChI=1S/C17H25NO3/c1-5-12(2)18(11-15(19)20)10-14-8-6-7-13-9-17(3,4)21-16(13)14/h6-8,12H,5,9-11H2,1-4H3,(H,19,20). The fraction of sp³-hybridized carbons (Fsp3) is 0.588. The molecule has 0 fully saturated rings. The number of benzene rings is 1. The summed E-state index contributed by atoms with van der Waals surface area (Å²) in [7, 11) is 0. The summed E-state index contributed by atoms with van der Waals surface area (Å²) in [6, 6.07) is 6.40. The first-order valence-corrected chi connectivity index (χ1v) is 7.58. The largest absolute Gasteiger partial charge is 0.487 e. The number of fused-ring (bicyclic) bond motifs is 1. The van der Waals surface area contributed by atoms with Gasteiger partial charge in [0, 0.05) is 24.6 Å². The summed E-state index contributed by atoms with van der Waals surface area (Å²) in [6.45, 7) is 8.98. The van der Waals surface area contributed by atoms with E-state index in [1.165, 1.54) is 5.56 Å². The Balaban J connectivity index is 2.23. The third-order valence-corrected chi connectivity index (χ3v) is 4.10. The molecule has 116 valence electrons. The lowest BCUT2D eigenvalue weighted by Crippen LogP contribution is -2.36. The lowest BCUT2D eigenvalue weighted by molar-refractivity contribution is -0.139. The Labute approximate surface area is 126 Å². The Morgan fingerprint density at radius 1 is 1.48 bits per heavy atom. The first kappa shape index (κ1) is 15.8. The predicted octanol–water partition coefficient (Wildman–Crippen LogP) is 3.09. The topological polar surface area (TPSA) is 49.8 Å². The molecule has 2 rings (SSSR count). The van der Waals surface area contributed by atoms with E-state index in [4.69, 9.17) is 9.84 Å². The minimum Gasteiger partial charge on any atom is -0.487 e. The summed E-state index contributed by atoms with van der Waals surface area (Å²) < 4.78 is 6.07. The van der Waals surface area contributed by atoms with Gasteiger partial charge in [-0.25, -0.2) is 0 Å². The molecule has 0 saturated heterocycles. The average Bonchev–Trinajstić information content (AvgIpc) is 2.71. The van der Waals surface area contributed by atoms with Crippen molar-refractivity contribution in [3.05, 3.63) is 29.3 Å². The molecule has 1 N–H and O–H groups in total. The second kappa shape index (κ2) is 6.06. The molecule has 21 heavy (non-hydrogen) atoms. The number of rotatable bonds is 6. The highest BCUT2D eigenvalue weighted by molar-refractivity contribution is 5.69. The van der Waals surface area contributed by atoms with E-state index in [1.54, 1.807) is 0 Å². The summed E-state index contributed by atoms with van der Waals surface area (Å²) in [6.07, 6.45) is 1.83. The molecule has 1 unspecified atom stereocenters. The van der Waals surface area contributed by atoms with Gasteiger partial charge in [-0.1, -0.05) is 25.1 Å². The summed E-state index contributed by atoms with van der Waals surface area (Å²) in [5, 5.41) is 9.11. The molecular formula is C17H25NO3. The number of hydrogen-bond donors (Lipinski definition) is 1. The second-order valence-corrected chi connectivity index (χ2v) is 6.50. The molecule has 4 nitrogen and oxygen atoms in total. The Morgan fingerprint density at radius 2 is 2.19 bits per heavy atom. The molecule has 0 aliphatic carbocycles. The van der Waals surface area contributed by atoms with Crippen LogP contribution in [0.5, 0.6) is 5.75 Å². The molecular weight excluding hydrogens is 266 g/mol. The van der Waals surface area contributed by atoms with E-state index in [0.29, 0.717) is 6.54 Å². The van der Waals surface area contributed by atoms with E-state index in [9.17, 15) is 4.79 Å². The van der Waals surface area contributed by atoms with E-state index >= 15 is 0 Å². The number of nitrogens with zero attached hydrogens (tertiary/aromatic N) is 1. The summed E-state index contributed by atoms with van der Waals surface area (Å²) in [5.41, 5.74) is 2.13. The number of hydrogen-bond acceptors (Lipinski definition) is 3. The quantitative estimate of drug-likeness (QED) is 0.875. The zero-order chi connectivity index (χ0) is 15.6. The summed E-state index contributed by atoms with van der Waals surface area (Å²) in [5.74, 6) is 0.158. The molecule has 1 atom stereocenters. The van der Waals surface area contributed by atoms with Gasteiger partial charge in [-0.2, -0.15) is 0 Å². The van der Waals surface area contributed by atoms with Crippen molar-refractivity contribution in [3.8, 4) is 5.75 Å². The molecule has 0 spiro atoms. The van der Waals surface area contributed by atoms with Gasteiger partial charge in [0.25, 0.3) is 0 Å². The molecule has 1 aromatic carbocycles. The van der Waals surface area contributed by atoms with Crippen molar-refractivity contribution in [2.45, 2.75) is 58.7 Å². The Kier molecular flexibility index (Phi) is 4.57. The van der Waals surface area contributed by atoms with Gasteiger partial charge < -0.3 is 9.84 Å². The molecule has 0 aromatic heterocycles. The molecule has 0 amide bonds. The van der Waals surface area contributed by atoms with E-state index in [2.05, 4.69) is 33.8 Å². The minimum absolute atomic E-state index is 0.0576. The first-order valence-electron chi connectivity index (χ1n) is 7.58. The molecule has 1 aliphatic heterocycles. The highest BCUT2D eigenvalue weighted by atomic mass is 16.5. The van der Waals surface area contributed by atoms with Crippen LogP contribution in [0.1, 0.15) is 45.2 Å². The smallest absolute Gasteiger partial charge is 0.317 e. The van der Waals surface area contributed by atoms with Crippen molar-refractivity contribution in [1.29, 1.82) is 0 Å². The van der Waals surface area contributed by atoms with E-state index in [-0.39, 0.29) is 18.2 Å². The van der Waals surface area contributed by atoms with Crippen LogP contribution in [0.4, 0.5) is 0 Å². The Morgan fingerprint density at radius 3 is 2.81 bits per heavy atom. The fourth-order valence-corrected chi connectivity index (χ4v) is 2.82. The molecule has 0 saturated carbocycles. The Hall–Kier alpha value is -1.55. The molecule has 1 heterocycles. The van der Waals surface area contributed by atoms with Crippen molar-refractivity contribution >= 4 is 5.97 Å². The van der Waals surface area contributed by atoms with Gasteiger partial charge in [-0.15, -0.1) is 0 Å². The predicted molar refractivity (Wildman–Crippen MR) is 82.7 cm³/mol. The van der Waals surface area contributed by atoms with E-state index in [1.807, 2.05) is 17.0 Å². The second-order valence-electron chi connectivity index (χ2n) is 6.50. The van der Waals surface area contributed by atoms with Crippen molar-refractivity contribution in [2.24, 2.45) is 0 Å². The van der Waals surface area contributed by atoms with E-state index < -0.39 is 5.97 Å². The highest BCUT2D eigenvalue weighted by Crippen LogP contribution is 2.38. The number of para-hydroxylation sites is 1. The monoisotopic (exact) mass is 291 g/mol. The number of carboxylic acids is 1. The van der Waals surface area contributed by atoms with Crippen molar-refractivity contribution < 1.29 is 14.6 Å². The highest BCUT2D eigenvalue weighted by Gasteiger charge is 2.32. The van der Waals surface area contributed by atoms with Gasteiger partial charge in [0.05, 0.1) is 6.54 Å². The van der Waals surface area contributed by atoms with E-state index in [0.717, 1.165) is 24.2 Å². The van der Waals surface area contributed by atoms with Crippen LogP contribution in [0.2, 0.25) is 0 Å². The summed E-state index contributed by atoms with van der Waals surface area (Å²) >= 11 is 0. The third kappa shape index (κ3) is 3.76. The molecule has 1 aromatic rings. The molecule has 1 aliphatic rings. The SMILES string of the molecule is CCC(C)N(CC(=O)O)Cc1cccc2c1OC(C)(C)C2. The van der Waals surface area contributed by atoms with Crippen LogP contribution >= 0.6 is 0 Å².